The Labute approximate surface area is 150 Å². The van der Waals surface area contributed by atoms with Crippen molar-refractivity contribution in [2.45, 2.75) is 6.04 Å². The molecule has 0 spiro atoms. The molecular formula is C18H18ClN5O. The van der Waals surface area contributed by atoms with E-state index in [1.807, 2.05) is 37.4 Å². The van der Waals surface area contributed by atoms with Gasteiger partial charge in [0.1, 0.15) is 12.1 Å². The van der Waals surface area contributed by atoms with Crippen molar-refractivity contribution in [3.05, 3.63) is 64.9 Å². The first kappa shape index (κ1) is 17.1. The lowest BCUT2D eigenvalue weighted by Crippen LogP contribution is -2.24. The van der Waals surface area contributed by atoms with Gasteiger partial charge in [0.2, 0.25) is 0 Å². The molecule has 0 fully saturated rings. The Kier molecular flexibility index (Phi) is 5.11. The first-order valence-corrected chi connectivity index (χ1v) is 8.18. The van der Waals surface area contributed by atoms with E-state index in [0.29, 0.717) is 28.5 Å². The predicted molar refractivity (Wildman–Crippen MR) is 99.8 cm³/mol. The number of benzene rings is 2. The van der Waals surface area contributed by atoms with Crippen molar-refractivity contribution in [2.75, 3.05) is 18.9 Å². The van der Waals surface area contributed by atoms with Gasteiger partial charge in [-0.05, 0) is 36.9 Å². The summed E-state index contributed by atoms with van der Waals surface area (Å²) in [5.74, 6) is 0.116. The van der Waals surface area contributed by atoms with Crippen LogP contribution in [0.2, 0.25) is 5.02 Å². The van der Waals surface area contributed by atoms with Crippen LogP contribution in [0.25, 0.3) is 10.9 Å². The van der Waals surface area contributed by atoms with Crippen molar-refractivity contribution in [1.82, 2.24) is 15.3 Å². The maximum atomic E-state index is 11.6. The van der Waals surface area contributed by atoms with Gasteiger partial charge in [-0.3, -0.25) is 4.79 Å². The zero-order chi connectivity index (χ0) is 17.8. The van der Waals surface area contributed by atoms with E-state index >= 15 is 0 Å². The molecule has 0 aliphatic heterocycles. The van der Waals surface area contributed by atoms with E-state index in [1.165, 1.54) is 6.33 Å². The molecular weight excluding hydrogens is 338 g/mol. The van der Waals surface area contributed by atoms with Gasteiger partial charge in [0, 0.05) is 17.0 Å². The van der Waals surface area contributed by atoms with Crippen LogP contribution < -0.4 is 16.4 Å². The SMILES string of the molecule is CNCC(Nc1ncnc2c(C(N)=O)cccc12)c1cccc(Cl)c1. The molecule has 0 bridgehead atoms. The number of fused-ring (bicyclic) bond motifs is 1. The van der Waals surface area contributed by atoms with Crippen LogP contribution in [0.3, 0.4) is 0 Å². The molecule has 1 aromatic heterocycles. The van der Waals surface area contributed by atoms with Crippen molar-refractivity contribution in [1.29, 1.82) is 0 Å². The number of hydrogen-bond acceptors (Lipinski definition) is 5. The highest BCUT2D eigenvalue weighted by Gasteiger charge is 2.16. The standard InChI is InChI=1S/C18H18ClN5O/c1-21-9-15(11-4-2-5-12(19)8-11)24-18-14-7-3-6-13(17(20)25)16(14)22-10-23-18/h2-8,10,15,21H,9H2,1H3,(H2,20,25)(H,22,23,24). The van der Waals surface area contributed by atoms with E-state index in [-0.39, 0.29) is 6.04 Å². The number of aromatic nitrogens is 2. The number of anilines is 1. The Hall–Kier alpha value is -2.70. The molecule has 1 unspecified atom stereocenters. The Bertz CT molecular complexity index is 915. The second-order valence-corrected chi connectivity index (χ2v) is 6.03. The molecule has 0 aliphatic rings. The Morgan fingerprint density at radius 1 is 1.24 bits per heavy atom. The van der Waals surface area contributed by atoms with E-state index in [9.17, 15) is 4.79 Å². The van der Waals surface area contributed by atoms with Crippen LogP contribution in [0.15, 0.2) is 48.8 Å². The summed E-state index contributed by atoms with van der Waals surface area (Å²) >= 11 is 6.12. The number of rotatable bonds is 6. The number of amides is 1. The van der Waals surface area contributed by atoms with Crippen molar-refractivity contribution >= 4 is 34.2 Å². The van der Waals surface area contributed by atoms with Gasteiger partial charge in [-0.15, -0.1) is 0 Å². The van der Waals surface area contributed by atoms with Gasteiger partial charge in [-0.1, -0.05) is 29.8 Å². The molecule has 1 atom stereocenters. The third-order valence-corrected chi connectivity index (χ3v) is 4.14. The summed E-state index contributed by atoms with van der Waals surface area (Å²) in [6.07, 6.45) is 1.42. The molecule has 3 aromatic rings. The number of likely N-dealkylation sites (N-methyl/N-ethyl adjacent to an activating group) is 1. The smallest absolute Gasteiger partial charge is 0.250 e. The summed E-state index contributed by atoms with van der Waals surface area (Å²) in [4.78, 5) is 20.2. The molecule has 4 N–H and O–H groups in total. The average molecular weight is 356 g/mol. The third-order valence-electron chi connectivity index (χ3n) is 3.90. The first-order chi connectivity index (χ1) is 12.1. The van der Waals surface area contributed by atoms with Crippen LogP contribution in [0, 0.1) is 0 Å². The van der Waals surface area contributed by atoms with Gasteiger partial charge in [0.15, 0.2) is 0 Å². The third kappa shape index (κ3) is 3.70. The molecule has 25 heavy (non-hydrogen) atoms. The molecule has 2 aromatic carbocycles. The molecule has 1 amide bonds. The maximum Gasteiger partial charge on any atom is 0.250 e. The normalized spacial score (nSPS) is 12.1. The molecule has 0 saturated carbocycles. The topological polar surface area (TPSA) is 92.9 Å². The summed E-state index contributed by atoms with van der Waals surface area (Å²) in [6, 6.07) is 12.9. The van der Waals surface area contributed by atoms with Crippen LogP contribution in [0.5, 0.6) is 0 Å². The summed E-state index contributed by atoms with van der Waals surface area (Å²) in [6.45, 7) is 0.668. The van der Waals surface area contributed by atoms with Gasteiger partial charge < -0.3 is 16.4 Å². The van der Waals surface area contributed by atoms with Crippen LogP contribution >= 0.6 is 11.6 Å². The van der Waals surface area contributed by atoms with E-state index in [0.717, 1.165) is 10.9 Å². The minimum atomic E-state index is -0.517. The Balaban J connectivity index is 2.03. The van der Waals surface area contributed by atoms with Crippen molar-refractivity contribution in [3.8, 4) is 0 Å². The minimum absolute atomic E-state index is 0.0564. The second-order valence-electron chi connectivity index (χ2n) is 5.60. The van der Waals surface area contributed by atoms with E-state index in [2.05, 4.69) is 20.6 Å². The largest absolute Gasteiger partial charge is 0.366 e. The molecule has 7 heteroatoms. The lowest BCUT2D eigenvalue weighted by atomic mass is 10.1. The molecule has 128 valence electrons. The predicted octanol–water partition coefficient (Wildman–Crippen LogP) is 2.75. The van der Waals surface area contributed by atoms with Crippen LogP contribution in [-0.4, -0.2) is 29.5 Å². The highest BCUT2D eigenvalue weighted by Crippen LogP contribution is 2.26. The minimum Gasteiger partial charge on any atom is -0.366 e. The van der Waals surface area contributed by atoms with Gasteiger partial charge in [-0.25, -0.2) is 9.97 Å². The van der Waals surface area contributed by atoms with Crippen LogP contribution in [-0.2, 0) is 0 Å². The van der Waals surface area contributed by atoms with E-state index in [1.54, 1.807) is 12.1 Å². The fourth-order valence-corrected chi connectivity index (χ4v) is 2.94. The maximum absolute atomic E-state index is 11.6. The highest BCUT2D eigenvalue weighted by atomic mass is 35.5. The number of carbonyl (C=O) groups excluding carboxylic acids is 1. The average Bonchev–Trinajstić information content (AvgIpc) is 2.61. The van der Waals surface area contributed by atoms with Gasteiger partial charge >= 0.3 is 0 Å². The van der Waals surface area contributed by atoms with Gasteiger partial charge in [0.05, 0.1) is 17.1 Å². The number of primary amides is 1. The quantitative estimate of drug-likeness (QED) is 0.632. The van der Waals surface area contributed by atoms with Crippen molar-refractivity contribution < 1.29 is 4.79 Å². The Morgan fingerprint density at radius 3 is 2.76 bits per heavy atom. The fraction of sp³-hybridized carbons (Fsp3) is 0.167. The molecule has 3 rings (SSSR count). The van der Waals surface area contributed by atoms with Gasteiger partial charge in [-0.2, -0.15) is 0 Å². The number of carbonyl (C=O) groups is 1. The van der Waals surface area contributed by atoms with Crippen molar-refractivity contribution in [2.24, 2.45) is 5.73 Å². The summed E-state index contributed by atoms with van der Waals surface area (Å²) in [7, 11) is 1.88. The first-order valence-electron chi connectivity index (χ1n) is 7.80. The zero-order valence-corrected chi connectivity index (χ0v) is 14.4. The summed E-state index contributed by atoms with van der Waals surface area (Å²) in [5.41, 5.74) is 7.37. The van der Waals surface area contributed by atoms with Crippen LogP contribution in [0.1, 0.15) is 22.0 Å². The summed E-state index contributed by atoms with van der Waals surface area (Å²) < 4.78 is 0. The number of nitrogens with two attached hydrogens (primary N) is 1. The molecule has 0 saturated heterocycles. The number of para-hydroxylation sites is 1. The second kappa shape index (κ2) is 7.46. The van der Waals surface area contributed by atoms with E-state index in [4.69, 9.17) is 17.3 Å². The lowest BCUT2D eigenvalue weighted by molar-refractivity contribution is 0.100. The number of nitrogens with one attached hydrogen (secondary N) is 2. The molecule has 0 radical (unpaired) electrons. The van der Waals surface area contributed by atoms with Crippen molar-refractivity contribution in [3.63, 3.8) is 0 Å². The summed E-state index contributed by atoms with van der Waals surface area (Å²) in [5, 5.41) is 7.98. The van der Waals surface area contributed by atoms with E-state index < -0.39 is 5.91 Å². The number of halogens is 1. The number of hydrogen-bond donors (Lipinski definition) is 3. The highest BCUT2D eigenvalue weighted by molar-refractivity contribution is 6.30. The monoisotopic (exact) mass is 355 g/mol. The Morgan fingerprint density at radius 2 is 2.04 bits per heavy atom. The lowest BCUT2D eigenvalue weighted by Gasteiger charge is -2.20. The van der Waals surface area contributed by atoms with Gasteiger partial charge in [0.25, 0.3) is 5.91 Å². The van der Waals surface area contributed by atoms with Crippen LogP contribution in [0.4, 0.5) is 5.82 Å². The molecule has 1 heterocycles. The number of nitrogens with zero attached hydrogens (tertiary/aromatic N) is 2. The zero-order valence-electron chi connectivity index (χ0n) is 13.7. The molecule has 0 aliphatic carbocycles. The molecule has 6 nitrogen and oxygen atoms in total. The fourth-order valence-electron chi connectivity index (χ4n) is 2.75.